The fourth-order valence-corrected chi connectivity index (χ4v) is 3.45. The minimum absolute atomic E-state index is 0.0362. The van der Waals surface area contributed by atoms with Crippen LogP contribution in [0.2, 0.25) is 0 Å². The number of phenols is 1. The maximum atomic E-state index is 12.3. The molecule has 0 aliphatic heterocycles. The van der Waals surface area contributed by atoms with E-state index >= 15 is 0 Å². The molecule has 2 amide bonds. The molecule has 28 heavy (non-hydrogen) atoms. The van der Waals surface area contributed by atoms with Crippen LogP contribution in [0.3, 0.4) is 0 Å². The molecule has 3 aromatic rings. The number of amides is 2. The smallest absolute Gasteiger partial charge is 0.339 e. The lowest BCUT2D eigenvalue weighted by atomic mass is 10.2. The van der Waals surface area contributed by atoms with Gasteiger partial charge in [0, 0.05) is 17.4 Å². The van der Waals surface area contributed by atoms with Crippen LogP contribution in [0, 0.1) is 6.92 Å². The van der Waals surface area contributed by atoms with Crippen molar-refractivity contribution in [2.45, 2.75) is 11.8 Å². The second-order valence-corrected chi connectivity index (χ2v) is 7.55. The van der Waals surface area contributed by atoms with E-state index < -0.39 is 16.1 Å². The van der Waals surface area contributed by atoms with Gasteiger partial charge in [-0.05, 0) is 61.0 Å². The largest absolute Gasteiger partial charge is 0.508 e. The lowest BCUT2D eigenvalue weighted by molar-refractivity contribution is 0.262. The summed E-state index contributed by atoms with van der Waals surface area (Å²) in [5.74, 6) is 0.162. The molecule has 0 unspecified atom stereocenters. The van der Waals surface area contributed by atoms with Crippen molar-refractivity contribution in [3.05, 3.63) is 78.4 Å². The summed E-state index contributed by atoms with van der Waals surface area (Å²) in [7, 11) is -3.94. The Hall–Kier alpha value is -3.52. The number of nitrogens with one attached hydrogen (secondary N) is 2. The van der Waals surface area contributed by atoms with Gasteiger partial charge in [-0.3, -0.25) is 0 Å². The Morgan fingerprint density at radius 1 is 0.893 bits per heavy atom. The topological polar surface area (TPSA) is 105 Å². The number of aryl methyl sites for hydroxylation is 1. The molecular formula is C20H18N2O5S. The summed E-state index contributed by atoms with van der Waals surface area (Å²) in [6.07, 6.45) is 0. The van der Waals surface area contributed by atoms with E-state index in [4.69, 9.17) is 4.18 Å². The molecule has 0 atom stereocenters. The van der Waals surface area contributed by atoms with E-state index in [0.29, 0.717) is 11.4 Å². The molecule has 3 aromatic carbocycles. The van der Waals surface area contributed by atoms with Gasteiger partial charge in [-0.2, -0.15) is 8.42 Å². The molecule has 0 saturated heterocycles. The number of aromatic hydroxyl groups is 1. The fraction of sp³-hybridized carbons (Fsp3) is 0.0500. The molecular weight excluding hydrogens is 380 g/mol. The lowest BCUT2D eigenvalue weighted by Gasteiger charge is -2.10. The van der Waals surface area contributed by atoms with Crippen LogP contribution in [0.15, 0.2) is 77.7 Å². The number of hydrogen-bond donors (Lipinski definition) is 3. The van der Waals surface area contributed by atoms with E-state index in [1.165, 1.54) is 48.5 Å². The average molecular weight is 398 g/mol. The van der Waals surface area contributed by atoms with Crippen molar-refractivity contribution in [1.82, 2.24) is 0 Å². The monoisotopic (exact) mass is 398 g/mol. The molecule has 0 saturated carbocycles. The number of carbonyl (C=O) groups excluding carboxylic acids is 1. The van der Waals surface area contributed by atoms with Gasteiger partial charge in [0.1, 0.15) is 16.4 Å². The van der Waals surface area contributed by atoms with Crippen LogP contribution >= 0.6 is 0 Å². The Labute approximate surface area is 162 Å². The highest BCUT2D eigenvalue weighted by Crippen LogP contribution is 2.22. The maximum absolute atomic E-state index is 12.3. The Morgan fingerprint density at radius 3 is 2.25 bits per heavy atom. The fourth-order valence-electron chi connectivity index (χ4n) is 2.42. The van der Waals surface area contributed by atoms with E-state index in [1.54, 1.807) is 31.2 Å². The van der Waals surface area contributed by atoms with Crippen molar-refractivity contribution in [3.63, 3.8) is 0 Å². The van der Waals surface area contributed by atoms with E-state index in [2.05, 4.69) is 10.6 Å². The number of carbonyl (C=O) groups is 1. The molecule has 0 aromatic heterocycles. The van der Waals surface area contributed by atoms with Crippen LogP contribution in [0.4, 0.5) is 16.2 Å². The summed E-state index contributed by atoms with van der Waals surface area (Å²) in [5, 5.41) is 14.6. The molecule has 0 aliphatic rings. The summed E-state index contributed by atoms with van der Waals surface area (Å²) < 4.78 is 29.8. The third-order valence-corrected chi connectivity index (χ3v) is 4.94. The van der Waals surface area contributed by atoms with Crippen LogP contribution in [-0.2, 0) is 10.1 Å². The van der Waals surface area contributed by atoms with Gasteiger partial charge in [-0.1, -0.05) is 18.2 Å². The lowest BCUT2D eigenvalue weighted by Crippen LogP contribution is -2.19. The molecule has 0 heterocycles. The van der Waals surface area contributed by atoms with E-state index in [0.717, 1.165) is 5.56 Å². The minimum atomic E-state index is -3.94. The highest BCUT2D eigenvalue weighted by Gasteiger charge is 2.16. The first-order valence-electron chi connectivity index (χ1n) is 8.30. The number of rotatable bonds is 5. The van der Waals surface area contributed by atoms with Crippen molar-refractivity contribution in [1.29, 1.82) is 0 Å². The molecule has 3 N–H and O–H groups in total. The summed E-state index contributed by atoms with van der Waals surface area (Å²) in [5.41, 5.74) is 1.68. The maximum Gasteiger partial charge on any atom is 0.339 e. The quantitative estimate of drug-likeness (QED) is 0.561. The summed E-state index contributed by atoms with van der Waals surface area (Å²) in [6, 6.07) is 18.0. The first kappa shape index (κ1) is 19.2. The summed E-state index contributed by atoms with van der Waals surface area (Å²) in [4.78, 5) is 12.1. The standard InChI is InChI=1S/C20H18N2O5S/c1-14-4-2-7-19(12-14)28(25,26)27-18-10-8-15(9-11-18)21-20(24)22-16-5-3-6-17(23)13-16/h2-13,23H,1H3,(H2,21,22,24). The van der Waals surface area contributed by atoms with Crippen molar-refractivity contribution in [2.75, 3.05) is 10.6 Å². The van der Waals surface area contributed by atoms with Gasteiger partial charge in [-0.25, -0.2) is 4.79 Å². The van der Waals surface area contributed by atoms with Crippen molar-refractivity contribution < 1.29 is 22.5 Å². The molecule has 3 rings (SSSR count). The third-order valence-electron chi connectivity index (χ3n) is 3.70. The summed E-state index contributed by atoms with van der Waals surface area (Å²) >= 11 is 0. The molecule has 0 fully saturated rings. The first-order chi connectivity index (χ1) is 13.3. The predicted molar refractivity (Wildman–Crippen MR) is 106 cm³/mol. The Morgan fingerprint density at radius 2 is 1.57 bits per heavy atom. The van der Waals surface area contributed by atoms with Crippen molar-refractivity contribution in [2.24, 2.45) is 0 Å². The normalized spacial score (nSPS) is 10.9. The van der Waals surface area contributed by atoms with Gasteiger partial charge >= 0.3 is 16.1 Å². The molecule has 0 aliphatic carbocycles. The van der Waals surface area contributed by atoms with Crippen LogP contribution in [0.1, 0.15) is 5.56 Å². The van der Waals surface area contributed by atoms with Crippen LogP contribution in [0.5, 0.6) is 11.5 Å². The van der Waals surface area contributed by atoms with Crippen molar-refractivity contribution >= 4 is 27.5 Å². The number of anilines is 2. The van der Waals surface area contributed by atoms with E-state index in [-0.39, 0.29) is 16.4 Å². The van der Waals surface area contributed by atoms with Gasteiger partial charge in [0.05, 0.1) is 0 Å². The molecule has 0 bridgehead atoms. The van der Waals surface area contributed by atoms with Crippen LogP contribution in [-0.4, -0.2) is 19.6 Å². The first-order valence-corrected chi connectivity index (χ1v) is 9.71. The zero-order chi connectivity index (χ0) is 20.1. The van der Waals surface area contributed by atoms with Gasteiger partial charge < -0.3 is 19.9 Å². The number of hydrogen-bond acceptors (Lipinski definition) is 5. The Kier molecular flexibility index (Phi) is 5.51. The summed E-state index contributed by atoms with van der Waals surface area (Å²) in [6.45, 7) is 1.79. The molecule has 0 spiro atoms. The molecule has 0 radical (unpaired) electrons. The molecule has 144 valence electrons. The molecule has 8 heteroatoms. The van der Waals surface area contributed by atoms with Crippen LogP contribution in [0.25, 0.3) is 0 Å². The highest BCUT2D eigenvalue weighted by molar-refractivity contribution is 7.87. The minimum Gasteiger partial charge on any atom is -0.508 e. The third kappa shape index (κ3) is 5.01. The second-order valence-electron chi connectivity index (χ2n) is 6.01. The number of urea groups is 1. The SMILES string of the molecule is Cc1cccc(S(=O)(=O)Oc2ccc(NC(=O)Nc3cccc(O)c3)cc2)c1. The van der Waals surface area contributed by atoms with Crippen molar-refractivity contribution in [3.8, 4) is 11.5 Å². The van der Waals surface area contributed by atoms with E-state index in [1.807, 2.05) is 0 Å². The number of phenolic OH excluding ortho intramolecular Hbond substituents is 1. The van der Waals surface area contributed by atoms with Gasteiger partial charge in [0.2, 0.25) is 0 Å². The van der Waals surface area contributed by atoms with Gasteiger partial charge in [0.15, 0.2) is 0 Å². The predicted octanol–water partition coefficient (Wildman–Crippen LogP) is 4.11. The zero-order valence-electron chi connectivity index (χ0n) is 14.9. The highest BCUT2D eigenvalue weighted by atomic mass is 32.2. The zero-order valence-corrected chi connectivity index (χ0v) is 15.7. The average Bonchev–Trinajstić information content (AvgIpc) is 2.63. The van der Waals surface area contributed by atoms with Gasteiger partial charge in [-0.15, -0.1) is 0 Å². The number of benzene rings is 3. The molecule has 7 nitrogen and oxygen atoms in total. The Bertz CT molecular complexity index is 1100. The van der Waals surface area contributed by atoms with E-state index in [9.17, 15) is 18.3 Å². The second kappa shape index (κ2) is 8.01. The van der Waals surface area contributed by atoms with Crippen LogP contribution < -0.4 is 14.8 Å². The van der Waals surface area contributed by atoms with Gasteiger partial charge in [0.25, 0.3) is 0 Å². The Balaban J connectivity index is 1.64.